The van der Waals surface area contributed by atoms with Gasteiger partial charge >= 0.3 is 12.1 Å². The van der Waals surface area contributed by atoms with Gasteiger partial charge in [0.05, 0.1) is 11.1 Å². The van der Waals surface area contributed by atoms with Crippen LogP contribution in [0.25, 0.3) is 0 Å². The zero-order valence-corrected chi connectivity index (χ0v) is 15.2. The molecule has 1 heterocycles. The number of carbonyl (C=O) groups excluding carboxylic acids is 2. The van der Waals surface area contributed by atoms with E-state index in [4.69, 9.17) is 15.6 Å². The van der Waals surface area contributed by atoms with Crippen LogP contribution in [0.15, 0.2) is 18.2 Å². The van der Waals surface area contributed by atoms with Crippen molar-refractivity contribution in [2.24, 2.45) is 11.7 Å². The van der Waals surface area contributed by atoms with Gasteiger partial charge in [0, 0.05) is 25.3 Å². The van der Waals surface area contributed by atoms with Crippen LogP contribution < -0.4 is 11.1 Å². The number of nitrogens with one attached hydrogen (secondary N) is 1. The second kappa shape index (κ2) is 7.63. The van der Waals surface area contributed by atoms with Gasteiger partial charge in [-0.1, -0.05) is 0 Å². The number of benzene rings is 1. The van der Waals surface area contributed by atoms with Gasteiger partial charge < -0.3 is 25.8 Å². The first-order chi connectivity index (χ1) is 12.1. The third-order valence-electron chi connectivity index (χ3n) is 4.05. The number of amides is 2. The van der Waals surface area contributed by atoms with Crippen molar-refractivity contribution in [2.45, 2.75) is 32.8 Å². The Kier molecular flexibility index (Phi) is 5.74. The fraction of sp³-hybridized carbons (Fsp3) is 0.500. The lowest BCUT2D eigenvalue weighted by atomic mass is 10.1. The van der Waals surface area contributed by atoms with E-state index in [1.807, 2.05) is 20.8 Å². The average Bonchev–Trinajstić information content (AvgIpc) is 3.00. The first kappa shape index (κ1) is 19.6. The summed E-state index contributed by atoms with van der Waals surface area (Å²) < 4.78 is 5.37. The molecular weight excluding hydrogens is 338 g/mol. The summed E-state index contributed by atoms with van der Waals surface area (Å²) in [6, 6.07) is 4.13. The molecule has 8 heteroatoms. The number of aromatic carboxylic acids is 1. The van der Waals surface area contributed by atoms with Crippen molar-refractivity contribution in [3.63, 3.8) is 0 Å². The molecule has 0 bridgehead atoms. The number of anilines is 1. The van der Waals surface area contributed by atoms with Gasteiger partial charge in [0.15, 0.2) is 0 Å². The van der Waals surface area contributed by atoms with Crippen LogP contribution in [-0.2, 0) is 4.74 Å². The first-order valence-corrected chi connectivity index (χ1v) is 8.46. The zero-order valence-electron chi connectivity index (χ0n) is 15.2. The molecule has 0 saturated carbocycles. The number of nitrogens with two attached hydrogens (primary N) is 1. The van der Waals surface area contributed by atoms with E-state index in [0.717, 1.165) is 6.42 Å². The van der Waals surface area contributed by atoms with Gasteiger partial charge in [-0.3, -0.25) is 4.79 Å². The molecule has 8 nitrogen and oxygen atoms in total. The smallest absolute Gasteiger partial charge is 0.410 e. The molecule has 26 heavy (non-hydrogen) atoms. The number of carboxylic acids is 1. The molecule has 2 amide bonds. The van der Waals surface area contributed by atoms with Crippen LogP contribution in [0.2, 0.25) is 0 Å². The van der Waals surface area contributed by atoms with Crippen molar-refractivity contribution >= 4 is 23.7 Å². The molecule has 1 atom stereocenters. The molecule has 1 aromatic carbocycles. The molecule has 1 aliphatic rings. The Bertz CT molecular complexity index is 711. The van der Waals surface area contributed by atoms with E-state index in [-0.39, 0.29) is 23.1 Å². The van der Waals surface area contributed by atoms with E-state index in [0.29, 0.717) is 25.3 Å². The molecule has 1 fully saturated rings. The Labute approximate surface area is 152 Å². The van der Waals surface area contributed by atoms with Crippen molar-refractivity contribution < 1.29 is 24.2 Å². The number of carbonyl (C=O) groups is 3. The molecule has 142 valence electrons. The number of likely N-dealkylation sites (tertiary alicyclic amines) is 1. The highest BCUT2D eigenvalue weighted by molar-refractivity contribution is 6.00. The fourth-order valence-corrected chi connectivity index (χ4v) is 2.78. The van der Waals surface area contributed by atoms with Gasteiger partial charge in [-0.15, -0.1) is 0 Å². The van der Waals surface area contributed by atoms with Gasteiger partial charge in [-0.25, -0.2) is 9.59 Å². The van der Waals surface area contributed by atoms with Crippen molar-refractivity contribution in [3.05, 3.63) is 29.3 Å². The highest BCUT2D eigenvalue weighted by Crippen LogP contribution is 2.22. The summed E-state index contributed by atoms with van der Waals surface area (Å²) >= 11 is 0. The van der Waals surface area contributed by atoms with Crippen molar-refractivity contribution in [1.29, 1.82) is 0 Å². The zero-order chi connectivity index (χ0) is 19.5. The lowest BCUT2D eigenvalue weighted by molar-refractivity contribution is 0.0288. The van der Waals surface area contributed by atoms with Crippen LogP contribution in [0.1, 0.15) is 47.9 Å². The highest BCUT2D eigenvalue weighted by Gasteiger charge is 2.29. The summed E-state index contributed by atoms with van der Waals surface area (Å²) in [6.45, 7) is 7.08. The summed E-state index contributed by atoms with van der Waals surface area (Å²) in [7, 11) is 0. The largest absolute Gasteiger partial charge is 0.478 e. The fourth-order valence-electron chi connectivity index (χ4n) is 2.78. The minimum absolute atomic E-state index is 0.0688. The lowest BCUT2D eigenvalue weighted by Gasteiger charge is -2.24. The Balaban J connectivity index is 1.99. The summed E-state index contributed by atoms with van der Waals surface area (Å²) in [5, 5.41) is 12.2. The monoisotopic (exact) mass is 363 g/mol. The topological polar surface area (TPSA) is 122 Å². The maximum atomic E-state index is 12.1. The minimum atomic E-state index is -1.08. The Morgan fingerprint density at radius 3 is 2.62 bits per heavy atom. The number of ether oxygens (including phenoxy) is 1. The van der Waals surface area contributed by atoms with Crippen molar-refractivity contribution in [2.75, 3.05) is 25.0 Å². The van der Waals surface area contributed by atoms with E-state index in [1.54, 1.807) is 4.90 Å². The summed E-state index contributed by atoms with van der Waals surface area (Å²) in [5.41, 5.74) is 5.49. The molecule has 1 aliphatic heterocycles. The van der Waals surface area contributed by atoms with E-state index in [9.17, 15) is 14.4 Å². The van der Waals surface area contributed by atoms with Crippen LogP contribution in [0.3, 0.4) is 0 Å². The lowest BCUT2D eigenvalue weighted by Crippen LogP contribution is -2.35. The van der Waals surface area contributed by atoms with Crippen LogP contribution in [-0.4, -0.2) is 53.2 Å². The molecular formula is C18H25N3O5. The van der Waals surface area contributed by atoms with Crippen LogP contribution in [0.5, 0.6) is 0 Å². The van der Waals surface area contributed by atoms with Gasteiger partial charge in [0.2, 0.25) is 0 Å². The van der Waals surface area contributed by atoms with E-state index in [2.05, 4.69) is 5.32 Å². The first-order valence-electron chi connectivity index (χ1n) is 8.46. The number of hydrogen-bond donors (Lipinski definition) is 3. The minimum Gasteiger partial charge on any atom is -0.478 e. The maximum Gasteiger partial charge on any atom is 0.410 e. The van der Waals surface area contributed by atoms with Crippen LogP contribution in [0, 0.1) is 5.92 Å². The van der Waals surface area contributed by atoms with E-state index < -0.39 is 17.5 Å². The summed E-state index contributed by atoms with van der Waals surface area (Å²) in [4.78, 5) is 36.4. The van der Waals surface area contributed by atoms with Crippen LogP contribution >= 0.6 is 0 Å². The number of carboxylic acid groups (broad SMARTS) is 1. The molecule has 1 saturated heterocycles. The van der Waals surface area contributed by atoms with Gasteiger partial charge in [-0.2, -0.15) is 0 Å². The predicted molar refractivity (Wildman–Crippen MR) is 96.3 cm³/mol. The Hall–Kier alpha value is -2.77. The van der Waals surface area contributed by atoms with Gasteiger partial charge in [0.1, 0.15) is 5.60 Å². The number of nitrogens with zero attached hydrogens (tertiary/aromatic N) is 1. The molecule has 0 radical (unpaired) electrons. The van der Waals surface area contributed by atoms with E-state index >= 15 is 0 Å². The number of rotatable bonds is 5. The molecule has 2 rings (SSSR count). The molecule has 0 spiro atoms. The van der Waals surface area contributed by atoms with Crippen LogP contribution in [0.4, 0.5) is 10.5 Å². The second-order valence-corrected chi connectivity index (χ2v) is 7.39. The average molecular weight is 363 g/mol. The Morgan fingerprint density at radius 1 is 1.35 bits per heavy atom. The molecule has 1 aromatic rings. The van der Waals surface area contributed by atoms with Crippen molar-refractivity contribution in [3.8, 4) is 0 Å². The standard InChI is InChI=1S/C18H25N3O5/c1-18(2,3)26-17(25)21-7-6-11(10-21)9-20-14-8-12(16(23)24)4-5-13(14)15(19)22/h4-5,8,11,20H,6-7,9-10H2,1-3H3,(H2,19,22)(H,23,24). The third kappa shape index (κ3) is 5.11. The molecule has 4 N–H and O–H groups in total. The molecule has 0 aliphatic carbocycles. The number of hydrogen-bond acceptors (Lipinski definition) is 5. The van der Waals surface area contributed by atoms with Gasteiger partial charge in [0.25, 0.3) is 5.91 Å². The quantitative estimate of drug-likeness (QED) is 0.737. The number of primary amides is 1. The maximum absolute atomic E-state index is 12.1. The normalized spacial score (nSPS) is 17.0. The third-order valence-corrected chi connectivity index (χ3v) is 4.05. The van der Waals surface area contributed by atoms with Gasteiger partial charge in [-0.05, 0) is 51.3 Å². The van der Waals surface area contributed by atoms with E-state index in [1.165, 1.54) is 18.2 Å². The Morgan fingerprint density at radius 2 is 2.04 bits per heavy atom. The molecule has 0 aromatic heterocycles. The SMILES string of the molecule is CC(C)(C)OC(=O)N1CCC(CNc2cc(C(=O)O)ccc2C(N)=O)C1. The summed E-state index contributed by atoms with van der Waals surface area (Å²) in [5.74, 6) is -1.55. The predicted octanol–water partition coefficient (Wildman–Crippen LogP) is 2.15. The highest BCUT2D eigenvalue weighted by atomic mass is 16.6. The summed E-state index contributed by atoms with van der Waals surface area (Å²) in [6.07, 6.45) is 0.447. The van der Waals surface area contributed by atoms with Crippen molar-refractivity contribution in [1.82, 2.24) is 4.90 Å². The molecule has 1 unspecified atom stereocenters. The second-order valence-electron chi connectivity index (χ2n) is 7.39.